The third-order valence-electron chi connectivity index (χ3n) is 2.47. The molecule has 16 heavy (non-hydrogen) atoms. The second-order valence-corrected chi connectivity index (χ2v) is 6.44. The van der Waals surface area contributed by atoms with Crippen molar-refractivity contribution in [2.75, 3.05) is 11.5 Å². The van der Waals surface area contributed by atoms with E-state index in [4.69, 9.17) is 5.73 Å². The Morgan fingerprint density at radius 3 is 2.12 bits per heavy atom. The first kappa shape index (κ1) is 15.4. The number of unbranched alkanes of at least 4 members (excludes halogenated alkanes) is 5. The highest BCUT2D eigenvalue weighted by molar-refractivity contribution is 7.91. The van der Waals surface area contributed by atoms with Crippen molar-refractivity contribution in [3.63, 3.8) is 0 Å². The zero-order valence-corrected chi connectivity index (χ0v) is 10.9. The molecule has 5 heteroatoms. The van der Waals surface area contributed by atoms with Gasteiger partial charge >= 0.3 is 0 Å². The van der Waals surface area contributed by atoms with Gasteiger partial charge in [0, 0.05) is 6.42 Å². The van der Waals surface area contributed by atoms with Crippen molar-refractivity contribution in [1.82, 2.24) is 0 Å². The highest BCUT2D eigenvalue weighted by Gasteiger charge is 2.11. The lowest BCUT2D eigenvalue weighted by Crippen LogP contribution is -2.19. The molecule has 0 aromatic rings. The van der Waals surface area contributed by atoms with Gasteiger partial charge in [-0.25, -0.2) is 8.42 Å². The molecule has 0 saturated carbocycles. The van der Waals surface area contributed by atoms with Crippen LogP contribution in [0.15, 0.2) is 0 Å². The fraction of sp³-hybridized carbons (Fsp3) is 0.909. The monoisotopic (exact) mass is 249 g/mol. The average molecular weight is 249 g/mol. The summed E-state index contributed by atoms with van der Waals surface area (Å²) in [6.45, 7) is 2.15. The van der Waals surface area contributed by atoms with E-state index in [1.165, 1.54) is 19.3 Å². The van der Waals surface area contributed by atoms with E-state index >= 15 is 0 Å². The molecule has 0 aliphatic carbocycles. The van der Waals surface area contributed by atoms with E-state index in [-0.39, 0.29) is 17.9 Å². The van der Waals surface area contributed by atoms with E-state index in [9.17, 15) is 13.2 Å². The molecular formula is C11H23NO3S. The topological polar surface area (TPSA) is 77.2 Å². The summed E-state index contributed by atoms with van der Waals surface area (Å²) in [5.41, 5.74) is 4.91. The Labute approximate surface area is 98.5 Å². The molecule has 0 aliphatic heterocycles. The van der Waals surface area contributed by atoms with Crippen molar-refractivity contribution in [1.29, 1.82) is 0 Å². The summed E-state index contributed by atoms with van der Waals surface area (Å²) in [6.07, 6.45) is 6.28. The Kier molecular flexibility index (Phi) is 8.25. The minimum atomic E-state index is -3.07. The van der Waals surface area contributed by atoms with Gasteiger partial charge in [0.25, 0.3) is 0 Å². The van der Waals surface area contributed by atoms with E-state index in [1.807, 2.05) is 0 Å². The first-order chi connectivity index (χ1) is 7.48. The van der Waals surface area contributed by atoms with Gasteiger partial charge in [0.15, 0.2) is 9.84 Å². The molecule has 0 aromatic heterocycles. The van der Waals surface area contributed by atoms with Crippen LogP contribution in [0.25, 0.3) is 0 Å². The van der Waals surface area contributed by atoms with Crippen LogP contribution in [0.5, 0.6) is 0 Å². The molecular weight excluding hydrogens is 226 g/mol. The molecule has 96 valence electrons. The van der Waals surface area contributed by atoms with Gasteiger partial charge in [-0.15, -0.1) is 0 Å². The highest BCUT2D eigenvalue weighted by Crippen LogP contribution is 2.07. The third-order valence-corrected chi connectivity index (χ3v) is 4.21. The van der Waals surface area contributed by atoms with Crippen LogP contribution >= 0.6 is 0 Å². The molecule has 0 radical (unpaired) electrons. The molecule has 0 saturated heterocycles. The van der Waals surface area contributed by atoms with Crippen molar-refractivity contribution in [3.8, 4) is 0 Å². The number of hydrogen-bond donors (Lipinski definition) is 1. The van der Waals surface area contributed by atoms with Gasteiger partial charge in [-0.05, 0) is 6.42 Å². The van der Waals surface area contributed by atoms with Gasteiger partial charge in [0.1, 0.15) is 0 Å². The van der Waals surface area contributed by atoms with Crippen LogP contribution in [0.2, 0.25) is 0 Å². The normalized spacial score (nSPS) is 11.6. The summed E-state index contributed by atoms with van der Waals surface area (Å²) in [7, 11) is -3.07. The molecule has 0 spiro atoms. The zero-order valence-electron chi connectivity index (χ0n) is 10.1. The number of sulfone groups is 1. The van der Waals surface area contributed by atoms with Gasteiger partial charge in [-0.1, -0.05) is 39.0 Å². The van der Waals surface area contributed by atoms with Crippen LogP contribution in [0.4, 0.5) is 0 Å². The fourth-order valence-corrected chi connectivity index (χ4v) is 2.82. The van der Waals surface area contributed by atoms with Crippen LogP contribution in [-0.2, 0) is 14.6 Å². The summed E-state index contributed by atoms with van der Waals surface area (Å²) >= 11 is 0. The lowest BCUT2D eigenvalue weighted by Gasteiger charge is -2.03. The van der Waals surface area contributed by atoms with Crippen LogP contribution in [0, 0.1) is 0 Å². The van der Waals surface area contributed by atoms with Crippen molar-refractivity contribution in [2.45, 2.75) is 51.9 Å². The fourth-order valence-electron chi connectivity index (χ4n) is 1.46. The lowest BCUT2D eigenvalue weighted by molar-refractivity contribution is -0.117. The summed E-state index contributed by atoms with van der Waals surface area (Å²) in [6, 6.07) is 0. The molecule has 0 heterocycles. The predicted octanol–water partition coefficient (Wildman–Crippen LogP) is 1.64. The Morgan fingerprint density at radius 1 is 1.00 bits per heavy atom. The largest absolute Gasteiger partial charge is 0.370 e. The number of nitrogens with two attached hydrogens (primary N) is 1. The number of carbonyl (C=O) groups is 1. The van der Waals surface area contributed by atoms with E-state index in [2.05, 4.69) is 6.92 Å². The maximum absolute atomic E-state index is 11.4. The maximum Gasteiger partial charge on any atom is 0.218 e. The molecule has 0 atom stereocenters. The van der Waals surface area contributed by atoms with Gasteiger partial charge in [-0.2, -0.15) is 0 Å². The van der Waals surface area contributed by atoms with Gasteiger partial charge < -0.3 is 5.73 Å². The molecule has 0 fully saturated rings. The summed E-state index contributed by atoms with van der Waals surface area (Å²) < 4.78 is 22.8. The molecule has 0 rings (SSSR count). The summed E-state index contributed by atoms with van der Waals surface area (Å²) in [5, 5.41) is 0. The Hall–Kier alpha value is -0.580. The molecule has 1 amide bonds. The Morgan fingerprint density at radius 2 is 1.56 bits per heavy atom. The van der Waals surface area contributed by atoms with Crippen LogP contribution in [-0.4, -0.2) is 25.8 Å². The van der Waals surface area contributed by atoms with Gasteiger partial charge in [0.2, 0.25) is 5.91 Å². The van der Waals surface area contributed by atoms with Crippen LogP contribution in [0.3, 0.4) is 0 Å². The number of primary amides is 1. The Balaban J connectivity index is 3.55. The van der Waals surface area contributed by atoms with E-state index < -0.39 is 15.7 Å². The average Bonchev–Trinajstić information content (AvgIpc) is 2.21. The molecule has 0 aromatic carbocycles. The number of amides is 1. The predicted molar refractivity (Wildman–Crippen MR) is 65.8 cm³/mol. The van der Waals surface area contributed by atoms with Gasteiger partial charge in [-0.3, -0.25) is 4.79 Å². The van der Waals surface area contributed by atoms with Crippen molar-refractivity contribution >= 4 is 15.7 Å². The standard InChI is InChI=1S/C11H23NO3S/c1-2-3-4-5-6-7-9-16(14,15)10-8-11(12)13/h2-10H2,1H3,(H2,12,13). The van der Waals surface area contributed by atoms with Crippen molar-refractivity contribution < 1.29 is 13.2 Å². The number of hydrogen-bond acceptors (Lipinski definition) is 3. The first-order valence-corrected chi connectivity index (χ1v) is 7.79. The second-order valence-electron chi connectivity index (χ2n) is 4.14. The summed E-state index contributed by atoms with van der Waals surface area (Å²) in [5.74, 6) is -0.463. The number of rotatable bonds is 10. The van der Waals surface area contributed by atoms with E-state index in [0.717, 1.165) is 12.8 Å². The summed E-state index contributed by atoms with van der Waals surface area (Å²) in [4.78, 5) is 10.5. The Bertz CT molecular complexity index is 286. The third kappa shape index (κ3) is 9.96. The minimum Gasteiger partial charge on any atom is -0.370 e. The second kappa shape index (κ2) is 8.56. The van der Waals surface area contributed by atoms with E-state index in [0.29, 0.717) is 6.42 Å². The van der Waals surface area contributed by atoms with Crippen LogP contribution in [0.1, 0.15) is 51.9 Å². The highest BCUT2D eigenvalue weighted by atomic mass is 32.2. The minimum absolute atomic E-state index is 0.0574. The molecule has 0 aliphatic rings. The first-order valence-electron chi connectivity index (χ1n) is 5.96. The van der Waals surface area contributed by atoms with Crippen molar-refractivity contribution in [3.05, 3.63) is 0 Å². The number of carbonyl (C=O) groups excluding carboxylic acids is 1. The molecule has 4 nitrogen and oxygen atoms in total. The van der Waals surface area contributed by atoms with Crippen LogP contribution < -0.4 is 5.73 Å². The zero-order chi connectivity index (χ0) is 12.4. The lowest BCUT2D eigenvalue weighted by atomic mass is 10.1. The SMILES string of the molecule is CCCCCCCCS(=O)(=O)CCC(N)=O. The smallest absolute Gasteiger partial charge is 0.218 e. The molecule has 0 bridgehead atoms. The van der Waals surface area contributed by atoms with Crippen molar-refractivity contribution in [2.24, 2.45) is 5.73 Å². The molecule has 2 N–H and O–H groups in total. The molecule has 0 unspecified atom stereocenters. The van der Waals surface area contributed by atoms with E-state index in [1.54, 1.807) is 0 Å². The van der Waals surface area contributed by atoms with Gasteiger partial charge in [0.05, 0.1) is 11.5 Å². The quantitative estimate of drug-likeness (QED) is 0.598. The maximum atomic E-state index is 11.4.